The highest BCUT2D eigenvalue weighted by Gasteiger charge is 2.29. The summed E-state index contributed by atoms with van der Waals surface area (Å²) < 4.78 is 2.44. The lowest BCUT2D eigenvalue weighted by Crippen LogP contribution is -2.14. The Labute approximate surface area is 343 Å². The molecule has 2 aliphatic carbocycles. The first-order valence-corrected chi connectivity index (χ1v) is 20.6. The van der Waals surface area contributed by atoms with Crippen LogP contribution in [0, 0.1) is 11.8 Å². The van der Waals surface area contributed by atoms with Crippen molar-refractivity contribution in [2.75, 3.05) is 0 Å². The molecule has 0 spiro atoms. The summed E-state index contributed by atoms with van der Waals surface area (Å²) in [6.07, 6.45) is 12.1. The second kappa shape index (κ2) is 14.3. The molecule has 3 atom stereocenters. The van der Waals surface area contributed by atoms with Crippen molar-refractivity contribution >= 4 is 60.2 Å². The average molecular weight is 760 g/mol. The first kappa shape index (κ1) is 35.0. The van der Waals surface area contributed by atoms with Crippen molar-refractivity contribution in [1.82, 2.24) is 24.5 Å². The molecule has 0 radical (unpaired) electrons. The van der Waals surface area contributed by atoms with E-state index in [9.17, 15) is 0 Å². The third kappa shape index (κ3) is 6.09. The summed E-state index contributed by atoms with van der Waals surface area (Å²) in [5.74, 6) is 2.56. The summed E-state index contributed by atoms with van der Waals surface area (Å²) >= 11 is 0. The van der Waals surface area contributed by atoms with E-state index in [2.05, 4.69) is 182 Å². The highest BCUT2D eigenvalue weighted by atomic mass is 15.0. The van der Waals surface area contributed by atoms with Crippen molar-refractivity contribution in [2.45, 2.75) is 26.2 Å². The highest BCUT2D eigenvalue weighted by molar-refractivity contribution is 6.19. The lowest BCUT2D eigenvalue weighted by molar-refractivity contribution is 0.628. The minimum atomic E-state index is 0.0278. The Morgan fingerprint density at radius 2 is 1.25 bits per heavy atom. The van der Waals surface area contributed by atoms with E-state index in [1.807, 2.05) is 18.2 Å². The summed E-state index contributed by atoms with van der Waals surface area (Å²) in [6.45, 7) is 4.58. The molecule has 282 valence electrons. The van der Waals surface area contributed by atoms with Gasteiger partial charge in [-0.05, 0) is 70.0 Å². The van der Waals surface area contributed by atoms with Crippen LogP contribution in [0.3, 0.4) is 0 Å². The number of hydrogen-bond acceptors (Lipinski definition) is 4. The fraction of sp³-hybridized carbons (Fsp3) is 0.111. The number of hydrogen-bond donors (Lipinski definition) is 0. The number of allylic oxidation sites excluding steroid dienone is 8. The molecule has 0 aliphatic heterocycles. The van der Waals surface area contributed by atoms with Gasteiger partial charge in [-0.3, -0.25) is 4.98 Å². The van der Waals surface area contributed by atoms with E-state index in [4.69, 9.17) is 19.9 Å². The molecule has 5 heteroatoms. The quantitative estimate of drug-likeness (QED) is 0.169. The summed E-state index contributed by atoms with van der Waals surface area (Å²) in [5, 5.41) is 5.99. The fourth-order valence-electron chi connectivity index (χ4n) is 9.26. The lowest BCUT2D eigenvalue weighted by atomic mass is 9.82. The Hall–Kier alpha value is -7.24. The van der Waals surface area contributed by atoms with Gasteiger partial charge in [-0.25, -0.2) is 15.0 Å². The van der Waals surface area contributed by atoms with E-state index in [0.29, 0.717) is 17.6 Å². The molecule has 0 amide bonds. The van der Waals surface area contributed by atoms with Crippen LogP contribution in [0.1, 0.15) is 49.1 Å². The molecule has 9 aromatic rings. The van der Waals surface area contributed by atoms with Crippen LogP contribution in [0.25, 0.3) is 77.3 Å². The van der Waals surface area contributed by atoms with Gasteiger partial charge in [-0.1, -0.05) is 172 Å². The molecule has 0 saturated heterocycles. The Kier molecular flexibility index (Phi) is 8.47. The van der Waals surface area contributed by atoms with Gasteiger partial charge < -0.3 is 4.57 Å². The van der Waals surface area contributed by atoms with E-state index in [-0.39, 0.29) is 11.8 Å². The van der Waals surface area contributed by atoms with Gasteiger partial charge in [-0.15, -0.1) is 0 Å². The maximum absolute atomic E-state index is 5.50. The van der Waals surface area contributed by atoms with E-state index >= 15 is 0 Å². The molecule has 59 heavy (non-hydrogen) atoms. The SMILES string of the molecule is CC1CC(c2nc(C3=CC(C)C(c4nc5ccccc5c5c4c4ccccc4n5-c4ccc5ccccc5c4)C=C3)nc(-c3ccccc3)n2)=CC=C1c1ccccc1. The normalized spacial score (nSPS) is 18.0. The van der Waals surface area contributed by atoms with Gasteiger partial charge in [0.05, 0.1) is 22.2 Å². The first-order chi connectivity index (χ1) is 29.1. The maximum Gasteiger partial charge on any atom is 0.164 e. The van der Waals surface area contributed by atoms with Crippen LogP contribution in [-0.2, 0) is 0 Å². The van der Waals surface area contributed by atoms with Crippen molar-refractivity contribution in [3.05, 3.63) is 205 Å². The zero-order chi connectivity index (χ0) is 39.5. The number of para-hydroxylation sites is 2. The van der Waals surface area contributed by atoms with Gasteiger partial charge in [0.25, 0.3) is 0 Å². The molecule has 3 heterocycles. The number of benzene rings is 6. The zero-order valence-corrected chi connectivity index (χ0v) is 33.0. The average Bonchev–Trinajstić information content (AvgIpc) is 3.65. The summed E-state index contributed by atoms with van der Waals surface area (Å²) in [5.41, 5.74) is 11.2. The standard InChI is InChI=1S/C54H41N5/c1-34-31-40(26-29-43(34)37-16-5-3-6-17-37)53-56-52(38-18-7-4-8-19-38)57-54(58-53)41-27-30-44(35(2)32-41)50-49-46-22-12-14-24-48(46)59(51(49)45-21-11-13-23-47(45)55-50)42-28-25-36-15-9-10-20-39(36)33-42/h3-30,32-35,44H,31H2,1-2H3. The first-order valence-electron chi connectivity index (χ1n) is 20.6. The summed E-state index contributed by atoms with van der Waals surface area (Å²) in [7, 11) is 0. The van der Waals surface area contributed by atoms with Crippen LogP contribution in [0.4, 0.5) is 0 Å². The molecule has 5 nitrogen and oxygen atoms in total. The Balaban J connectivity index is 1.04. The third-order valence-electron chi connectivity index (χ3n) is 12.2. The summed E-state index contributed by atoms with van der Waals surface area (Å²) in [6, 6.07) is 53.6. The van der Waals surface area contributed by atoms with E-state index in [1.54, 1.807) is 0 Å². The van der Waals surface area contributed by atoms with Crippen molar-refractivity contribution < 1.29 is 0 Å². The Bertz CT molecular complexity index is 3220. The molecule has 0 bridgehead atoms. The minimum Gasteiger partial charge on any atom is -0.308 e. The largest absolute Gasteiger partial charge is 0.308 e. The zero-order valence-electron chi connectivity index (χ0n) is 33.0. The number of aromatic nitrogens is 5. The molecule has 0 N–H and O–H groups in total. The fourth-order valence-corrected chi connectivity index (χ4v) is 9.26. The molecule has 2 aliphatic rings. The maximum atomic E-state index is 5.50. The van der Waals surface area contributed by atoms with E-state index < -0.39 is 0 Å². The van der Waals surface area contributed by atoms with Gasteiger partial charge in [0.2, 0.25) is 0 Å². The monoisotopic (exact) mass is 759 g/mol. The predicted octanol–water partition coefficient (Wildman–Crippen LogP) is 13.2. The summed E-state index contributed by atoms with van der Waals surface area (Å²) in [4.78, 5) is 20.9. The van der Waals surface area contributed by atoms with E-state index in [0.717, 1.165) is 51.2 Å². The molecule has 6 aromatic carbocycles. The molecule has 11 rings (SSSR count). The predicted molar refractivity (Wildman–Crippen MR) is 244 cm³/mol. The smallest absolute Gasteiger partial charge is 0.164 e. The van der Waals surface area contributed by atoms with Crippen LogP contribution < -0.4 is 0 Å². The second-order valence-corrected chi connectivity index (χ2v) is 15.9. The van der Waals surface area contributed by atoms with Crippen LogP contribution >= 0.6 is 0 Å². The van der Waals surface area contributed by atoms with Crippen LogP contribution in [0.15, 0.2) is 182 Å². The van der Waals surface area contributed by atoms with Crippen molar-refractivity contribution in [2.24, 2.45) is 11.8 Å². The number of rotatable bonds is 6. The van der Waals surface area contributed by atoms with Gasteiger partial charge in [-0.2, -0.15) is 0 Å². The molecule has 0 fully saturated rings. The second-order valence-electron chi connectivity index (χ2n) is 15.9. The van der Waals surface area contributed by atoms with Crippen LogP contribution in [0.5, 0.6) is 0 Å². The molecular weight excluding hydrogens is 719 g/mol. The minimum absolute atomic E-state index is 0.0278. The lowest BCUT2D eigenvalue weighted by Gasteiger charge is -2.24. The van der Waals surface area contributed by atoms with Gasteiger partial charge in [0.1, 0.15) is 0 Å². The molecule has 3 unspecified atom stereocenters. The number of fused-ring (bicyclic) bond motifs is 6. The van der Waals surface area contributed by atoms with Gasteiger partial charge >= 0.3 is 0 Å². The Morgan fingerprint density at radius 3 is 2.05 bits per heavy atom. The van der Waals surface area contributed by atoms with Crippen molar-refractivity contribution in [3.63, 3.8) is 0 Å². The Morgan fingerprint density at radius 1 is 0.576 bits per heavy atom. The van der Waals surface area contributed by atoms with Crippen LogP contribution in [-0.4, -0.2) is 24.5 Å². The molecule has 3 aromatic heterocycles. The number of pyridine rings is 1. The molecular formula is C54H41N5. The van der Waals surface area contributed by atoms with Gasteiger partial charge in [0.15, 0.2) is 17.5 Å². The topological polar surface area (TPSA) is 56.5 Å². The van der Waals surface area contributed by atoms with E-state index in [1.165, 1.54) is 43.7 Å². The molecule has 0 saturated carbocycles. The highest BCUT2D eigenvalue weighted by Crippen LogP contribution is 2.44. The van der Waals surface area contributed by atoms with Gasteiger partial charge in [0, 0.05) is 38.9 Å². The third-order valence-corrected chi connectivity index (χ3v) is 12.2. The van der Waals surface area contributed by atoms with Crippen molar-refractivity contribution in [1.29, 1.82) is 0 Å². The van der Waals surface area contributed by atoms with Crippen LogP contribution in [0.2, 0.25) is 0 Å². The van der Waals surface area contributed by atoms with Crippen molar-refractivity contribution in [3.8, 4) is 17.1 Å². The number of nitrogens with zero attached hydrogens (tertiary/aromatic N) is 5.